The van der Waals surface area contributed by atoms with Crippen molar-refractivity contribution in [2.24, 2.45) is 0 Å². The van der Waals surface area contributed by atoms with Crippen LogP contribution in [0, 0.1) is 0 Å². The molecule has 0 spiro atoms. The van der Waals surface area contributed by atoms with Gasteiger partial charge in [-0.25, -0.2) is 4.98 Å². The average molecular weight is 377 g/mol. The molecule has 0 aliphatic rings. The molecule has 0 saturated carbocycles. The zero-order chi connectivity index (χ0) is 18.5. The SMILES string of the molecule is O=C(CCc1nc(-c2ccncc2)no1)Nc1ccc(-c2nccs2)cc1. The number of amides is 1. The van der Waals surface area contributed by atoms with Gasteiger partial charge in [0.25, 0.3) is 0 Å². The van der Waals surface area contributed by atoms with Crippen LogP contribution in [0.3, 0.4) is 0 Å². The van der Waals surface area contributed by atoms with Gasteiger partial charge in [-0.1, -0.05) is 5.16 Å². The lowest BCUT2D eigenvalue weighted by molar-refractivity contribution is -0.116. The Bertz CT molecular complexity index is 1010. The number of anilines is 1. The molecule has 1 aromatic carbocycles. The predicted molar refractivity (Wildman–Crippen MR) is 102 cm³/mol. The van der Waals surface area contributed by atoms with E-state index in [-0.39, 0.29) is 12.3 Å². The van der Waals surface area contributed by atoms with Crippen molar-refractivity contribution in [1.82, 2.24) is 20.1 Å². The highest BCUT2D eigenvalue weighted by Gasteiger charge is 2.11. The fourth-order valence-corrected chi connectivity index (χ4v) is 3.13. The van der Waals surface area contributed by atoms with Crippen LogP contribution in [0.25, 0.3) is 22.0 Å². The quantitative estimate of drug-likeness (QED) is 0.549. The van der Waals surface area contributed by atoms with Gasteiger partial charge in [0.1, 0.15) is 5.01 Å². The second-order valence-corrected chi connectivity index (χ2v) is 6.60. The van der Waals surface area contributed by atoms with Crippen molar-refractivity contribution < 1.29 is 9.32 Å². The smallest absolute Gasteiger partial charge is 0.227 e. The summed E-state index contributed by atoms with van der Waals surface area (Å²) in [4.78, 5) is 24.7. The van der Waals surface area contributed by atoms with E-state index in [9.17, 15) is 4.79 Å². The van der Waals surface area contributed by atoms with Gasteiger partial charge in [0, 0.05) is 53.6 Å². The third-order valence-corrected chi connectivity index (χ3v) is 4.64. The molecule has 0 aliphatic carbocycles. The molecule has 0 saturated heterocycles. The summed E-state index contributed by atoms with van der Waals surface area (Å²) in [6, 6.07) is 11.2. The zero-order valence-corrected chi connectivity index (χ0v) is 15.0. The van der Waals surface area contributed by atoms with Crippen molar-refractivity contribution in [1.29, 1.82) is 0 Å². The number of carbonyl (C=O) groups is 1. The van der Waals surface area contributed by atoms with Crippen LogP contribution >= 0.6 is 11.3 Å². The summed E-state index contributed by atoms with van der Waals surface area (Å²) < 4.78 is 5.21. The van der Waals surface area contributed by atoms with Crippen LogP contribution in [-0.2, 0) is 11.2 Å². The van der Waals surface area contributed by atoms with E-state index in [2.05, 4.69) is 25.4 Å². The highest BCUT2D eigenvalue weighted by Crippen LogP contribution is 2.23. The van der Waals surface area contributed by atoms with Crippen LogP contribution in [0.5, 0.6) is 0 Å². The minimum absolute atomic E-state index is 0.111. The number of carbonyl (C=O) groups excluding carboxylic acids is 1. The van der Waals surface area contributed by atoms with Crippen molar-refractivity contribution >= 4 is 22.9 Å². The maximum absolute atomic E-state index is 12.2. The van der Waals surface area contributed by atoms with Crippen molar-refractivity contribution in [3.05, 3.63) is 66.3 Å². The van der Waals surface area contributed by atoms with E-state index in [1.807, 2.05) is 29.6 Å². The number of nitrogens with zero attached hydrogens (tertiary/aromatic N) is 4. The van der Waals surface area contributed by atoms with Gasteiger partial charge in [0.05, 0.1) is 0 Å². The van der Waals surface area contributed by atoms with Gasteiger partial charge >= 0.3 is 0 Å². The second-order valence-electron chi connectivity index (χ2n) is 5.71. The molecular weight excluding hydrogens is 362 g/mol. The molecule has 134 valence electrons. The van der Waals surface area contributed by atoms with Crippen molar-refractivity contribution in [2.75, 3.05) is 5.32 Å². The van der Waals surface area contributed by atoms with Gasteiger partial charge < -0.3 is 9.84 Å². The lowest BCUT2D eigenvalue weighted by atomic mass is 10.2. The minimum Gasteiger partial charge on any atom is -0.339 e. The molecular formula is C19H15N5O2S. The fourth-order valence-electron chi connectivity index (χ4n) is 2.48. The molecule has 0 bridgehead atoms. The summed E-state index contributed by atoms with van der Waals surface area (Å²) in [5, 5.41) is 9.69. The van der Waals surface area contributed by atoms with Gasteiger partial charge in [0.15, 0.2) is 0 Å². The Balaban J connectivity index is 1.32. The molecule has 1 amide bonds. The lowest BCUT2D eigenvalue weighted by Crippen LogP contribution is -2.12. The van der Waals surface area contributed by atoms with Crippen LogP contribution in [0.4, 0.5) is 5.69 Å². The van der Waals surface area contributed by atoms with Gasteiger partial charge in [-0.3, -0.25) is 9.78 Å². The zero-order valence-electron chi connectivity index (χ0n) is 14.2. The maximum Gasteiger partial charge on any atom is 0.227 e. The lowest BCUT2D eigenvalue weighted by Gasteiger charge is -2.05. The van der Waals surface area contributed by atoms with Gasteiger partial charge in [-0.2, -0.15) is 4.98 Å². The number of thiazole rings is 1. The molecule has 3 aromatic heterocycles. The van der Waals surface area contributed by atoms with Crippen LogP contribution in [0.1, 0.15) is 12.3 Å². The molecule has 1 N–H and O–H groups in total. The molecule has 0 unspecified atom stereocenters. The van der Waals surface area contributed by atoms with Crippen LogP contribution in [0.2, 0.25) is 0 Å². The molecule has 0 radical (unpaired) electrons. The third-order valence-electron chi connectivity index (χ3n) is 3.82. The van der Waals surface area contributed by atoms with E-state index in [4.69, 9.17) is 4.52 Å². The number of aryl methyl sites for hydroxylation is 1. The topological polar surface area (TPSA) is 93.8 Å². The number of hydrogen-bond donors (Lipinski definition) is 1. The third kappa shape index (κ3) is 4.24. The Morgan fingerprint density at radius 1 is 1.04 bits per heavy atom. The first-order valence-corrected chi connectivity index (χ1v) is 9.19. The van der Waals surface area contributed by atoms with Gasteiger partial charge in [0.2, 0.25) is 17.6 Å². The number of aromatic nitrogens is 4. The molecule has 8 heteroatoms. The summed E-state index contributed by atoms with van der Waals surface area (Å²) in [7, 11) is 0. The standard InChI is InChI=1S/C19H15N5O2S/c25-16(22-15-3-1-14(2-4-15)19-21-11-12-27-19)5-6-17-23-18(24-26-17)13-7-9-20-10-8-13/h1-4,7-12H,5-6H2,(H,22,25). The second kappa shape index (κ2) is 7.88. The van der Waals surface area contributed by atoms with Crippen LogP contribution < -0.4 is 5.32 Å². The van der Waals surface area contributed by atoms with E-state index in [0.29, 0.717) is 18.1 Å². The monoisotopic (exact) mass is 377 g/mol. The predicted octanol–water partition coefficient (Wildman–Crippen LogP) is 3.83. The Kier molecular flexibility index (Phi) is 4.97. The summed E-state index contributed by atoms with van der Waals surface area (Å²) in [5.41, 5.74) is 2.59. The Morgan fingerprint density at radius 3 is 2.59 bits per heavy atom. The van der Waals surface area contributed by atoms with Crippen molar-refractivity contribution in [2.45, 2.75) is 12.8 Å². The number of pyridine rings is 1. The first kappa shape index (κ1) is 17.0. The van der Waals surface area contributed by atoms with E-state index in [0.717, 1.165) is 21.8 Å². The first-order valence-electron chi connectivity index (χ1n) is 8.31. The first-order chi connectivity index (χ1) is 13.3. The molecule has 4 rings (SSSR count). The molecule has 0 atom stereocenters. The number of hydrogen-bond acceptors (Lipinski definition) is 7. The van der Waals surface area contributed by atoms with Crippen molar-refractivity contribution in [3.63, 3.8) is 0 Å². The van der Waals surface area contributed by atoms with Crippen LogP contribution in [-0.4, -0.2) is 26.0 Å². The molecule has 3 heterocycles. The van der Waals surface area contributed by atoms with Crippen molar-refractivity contribution in [3.8, 4) is 22.0 Å². The van der Waals surface area contributed by atoms with E-state index < -0.39 is 0 Å². The van der Waals surface area contributed by atoms with Gasteiger partial charge in [-0.05, 0) is 36.4 Å². The maximum atomic E-state index is 12.2. The summed E-state index contributed by atoms with van der Waals surface area (Å²) >= 11 is 1.58. The molecule has 0 aliphatic heterocycles. The fraction of sp³-hybridized carbons (Fsp3) is 0.105. The highest BCUT2D eigenvalue weighted by atomic mass is 32.1. The summed E-state index contributed by atoms with van der Waals surface area (Å²) in [6.45, 7) is 0. The largest absolute Gasteiger partial charge is 0.339 e. The van der Waals surface area contributed by atoms with E-state index in [1.54, 1.807) is 42.1 Å². The molecule has 4 aromatic rings. The van der Waals surface area contributed by atoms with E-state index >= 15 is 0 Å². The molecule has 0 fully saturated rings. The molecule has 7 nitrogen and oxygen atoms in total. The van der Waals surface area contributed by atoms with E-state index in [1.165, 1.54) is 0 Å². The Hall–Kier alpha value is -3.39. The summed E-state index contributed by atoms with van der Waals surface area (Å²) in [6.07, 6.45) is 5.73. The number of nitrogens with one attached hydrogen (secondary N) is 1. The normalized spacial score (nSPS) is 10.7. The van der Waals surface area contributed by atoms with Crippen LogP contribution in [0.15, 0.2) is 64.9 Å². The Labute approximate surface area is 159 Å². The minimum atomic E-state index is -0.111. The number of benzene rings is 1. The average Bonchev–Trinajstić information content (AvgIpc) is 3.40. The Morgan fingerprint density at radius 2 is 1.85 bits per heavy atom. The molecule has 27 heavy (non-hydrogen) atoms. The van der Waals surface area contributed by atoms with Gasteiger partial charge in [-0.15, -0.1) is 11.3 Å². The highest BCUT2D eigenvalue weighted by molar-refractivity contribution is 7.13. The number of rotatable bonds is 6. The summed E-state index contributed by atoms with van der Waals surface area (Å²) in [5.74, 6) is 0.808.